The van der Waals surface area contributed by atoms with Crippen molar-refractivity contribution >= 4 is 34.1 Å². The highest BCUT2D eigenvalue weighted by molar-refractivity contribution is 6.05. The number of phenols is 2. The van der Waals surface area contributed by atoms with Gasteiger partial charge in [-0.05, 0) is 30.3 Å². The van der Waals surface area contributed by atoms with Crippen molar-refractivity contribution in [2.45, 2.75) is 13.3 Å². The Bertz CT molecular complexity index is 1090. The molecule has 0 heterocycles. The summed E-state index contributed by atoms with van der Waals surface area (Å²) in [4.78, 5) is 35.9. The lowest BCUT2D eigenvalue weighted by Crippen LogP contribution is -2.15. The minimum absolute atomic E-state index is 0.142. The number of ether oxygens (including phenoxy) is 1. The fourth-order valence-electron chi connectivity index (χ4n) is 2.78. The quantitative estimate of drug-likeness (QED) is 0.335. The molecule has 3 rings (SSSR count). The van der Waals surface area contributed by atoms with Crippen LogP contribution in [0.25, 0.3) is 10.8 Å². The van der Waals surface area contributed by atoms with Crippen molar-refractivity contribution in [2.75, 3.05) is 11.9 Å². The molecule has 0 unspecified atom stereocenters. The number of benzene rings is 3. The van der Waals surface area contributed by atoms with Crippen molar-refractivity contribution in [1.82, 2.24) is 0 Å². The maximum atomic E-state index is 12.3. The molecule has 0 saturated carbocycles. The third-order valence-corrected chi connectivity index (χ3v) is 4.36. The van der Waals surface area contributed by atoms with Gasteiger partial charge in [-0.3, -0.25) is 9.59 Å². The number of amides is 1. The molecule has 0 atom stereocenters. The summed E-state index contributed by atoms with van der Waals surface area (Å²) in [7, 11) is 0. The van der Waals surface area contributed by atoms with E-state index in [1.807, 2.05) is 0 Å². The van der Waals surface area contributed by atoms with E-state index in [-0.39, 0.29) is 23.0 Å². The van der Waals surface area contributed by atoms with Gasteiger partial charge in [0.2, 0.25) is 5.91 Å². The fraction of sp³-hybridized carbons (Fsp3) is 0.136. The molecule has 7 nitrogen and oxygen atoms in total. The Labute approximate surface area is 166 Å². The smallest absolute Gasteiger partial charge is 0.342 e. The van der Waals surface area contributed by atoms with Crippen molar-refractivity contribution in [1.29, 1.82) is 0 Å². The molecular formula is C22H19NO6. The summed E-state index contributed by atoms with van der Waals surface area (Å²) in [6, 6.07) is 13.8. The van der Waals surface area contributed by atoms with Crippen molar-refractivity contribution in [3.8, 4) is 11.5 Å². The number of fused-ring (bicyclic) bond motifs is 1. The van der Waals surface area contributed by atoms with Gasteiger partial charge in [-0.2, -0.15) is 0 Å². The SMILES string of the molecule is CCC(=O)Nc1ccc(C(=O)COC(=O)c2cc(O)c3ccccc3c2O)cc1. The second-order valence-electron chi connectivity index (χ2n) is 6.32. The normalized spacial score (nSPS) is 10.5. The Morgan fingerprint density at radius 2 is 1.62 bits per heavy atom. The molecule has 1 amide bonds. The minimum Gasteiger partial charge on any atom is -0.507 e. The first-order valence-electron chi connectivity index (χ1n) is 8.94. The number of esters is 1. The molecule has 0 spiro atoms. The molecule has 3 aromatic rings. The van der Waals surface area contributed by atoms with Crippen molar-refractivity contribution in [2.24, 2.45) is 0 Å². The van der Waals surface area contributed by atoms with Crippen LogP contribution in [0, 0.1) is 0 Å². The summed E-state index contributed by atoms with van der Waals surface area (Å²) >= 11 is 0. The molecule has 0 fully saturated rings. The monoisotopic (exact) mass is 393 g/mol. The molecule has 148 valence electrons. The van der Waals surface area contributed by atoms with Gasteiger partial charge < -0.3 is 20.3 Å². The van der Waals surface area contributed by atoms with Crippen LogP contribution in [-0.4, -0.2) is 34.5 Å². The summed E-state index contributed by atoms with van der Waals surface area (Å²) < 4.78 is 5.01. The summed E-state index contributed by atoms with van der Waals surface area (Å²) in [5, 5.41) is 23.8. The predicted molar refractivity (Wildman–Crippen MR) is 107 cm³/mol. The van der Waals surface area contributed by atoms with Crippen LogP contribution in [0.5, 0.6) is 11.5 Å². The zero-order chi connectivity index (χ0) is 21.0. The van der Waals surface area contributed by atoms with E-state index in [1.54, 1.807) is 43.3 Å². The second-order valence-corrected chi connectivity index (χ2v) is 6.32. The zero-order valence-corrected chi connectivity index (χ0v) is 15.6. The first-order valence-corrected chi connectivity index (χ1v) is 8.94. The first kappa shape index (κ1) is 19.9. The van der Waals surface area contributed by atoms with Crippen molar-refractivity contribution in [3.05, 3.63) is 65.7 Å². The minimum atomic E-state index is -0.927. The summed E-state index contributed by atoms with van der Waals surface area (Å²) in [6.45, 7) is 1.20. The van der Waals surface area contributed by atoms with Crippen LogP contribution < -0.4 is 5.32 Å². The van der Waals surface area contributed by atoms with E-state index in [0.29, 0.717) is 28.4 Å². The van der Waals surface area contributed by atoms with E-state index >= 15 is 0 Å². The third kappa shape index (κ3) is 4.35. The van der Waals surface area contributed by atoms with Crippen LogP contribution in [0.1, 0.15) is 34.1 Å². The standard InChI is InChI=1S/C22H19NO6/c1-2-20(26)23-14-9-7-13(8-10-14)19(25)12-29-22(28)17-11-18(24)15-5-3-4-6-16(15)21(17)27/h3-11,24,27H,2,12H2,1H3,(H,23,26). The number of hydrogen-bond donors (Lipinski definition) is 3. The maximum Gasteiger partial charge on any atom is 0.342 e. The van der Waals surface area contributed by atoms with Crippen molar-refractivity contribution < 1.29 is 29.3 Å². The van der Waals surface area contributed by atoms with E-state index in [2.05, 4.69) is 5.32 Å². The van der Waals surface area contributed by atoms with Gasteiger partial charge in [-0.25, -0.2) is 4.79 Å². The highest BCUT2D eigenvalue weighted by atomic mass is 16.5. The number of carbonyl (C=O) groups excluding carboxylic acids is 3. The molecule has 0 aliphatic carbocycles. The zero-order valence-electron chi connectivity index (χ0n) is 15.6. The molecule has 0 saturated heterocycles. The number of rotatable bonds is 6. The average Bonchev–Trinajstić information content (AvgIpc) is 2.74. The lowest BCUT2D eigenvalue weighted by atomic mass is 10.0. The Balaban J connectivity index is 1.69. The van der Waals surface area contributed by atoms with Gasteiger partial charge in [0.05, 0.1) is 0 Å². The number of ketones is 1. The number of nitrogens with one attached hydrogen (secondary N) is 1. The lowest BCUT2D eigenvalue weighted by molar-refractivity contribution is -0.115. The molecule has 7 heteroatoms. The van der Waals surface area contributed by atoms with Crippen molar-refractivity contribution in [3.63, 3.8) is 0 Å². The van der Waals surface area contributed by atoms with E-state index in [1.165, 1.54) is 12.1 Å². The molecule has 3 aromatic carbocycles. The fourth-order valence-corrected chi connectivity index (χ4v) is 2.78. The molecule has 0 aliphatic heterocycles. The van der Waals surface area contributed by atoms with Gasteiger partial charge in [-0.15, -0.1) is 0 Å². The Morgan fingerprint density at radius 3 is 2.28 bits per heavy atom. The van der Waals surface area contributed by atoms with Gasteiger partial charge in [-0.1, -0.05) is 31.2 Å². The molecule has 0 aromatic heterocycles. The van der Waals surface area contributed by atoms with Crippen LogP contribution in [0.2, 0.25) is 0 Å². The Morgan fingerprint density at radius 1 is 0.966 bits per heavy atom. The predicted octanol–water partition coefficient (Wildman–Crippen LogP) is 3.64. The van der Waals surface area contributed by atoms with E-state index in [4.69, 9.17) is 4.74 Å². The average molecular weight is 393 g/mol. The Hall–Kier alpha value is -3.87. The van der Waals surface area contributed by atoms with Crippen LogP contribution in [0.3, 0.4) is 0 Å². The molecule has 29 heavy (non-hydrogen) atoms. The molecular weight excluding hydrogens is 374 g/mol. The molecule has 0 radical (unpaired) electrons. The van der Waals surface area contributed by atoms with Crippen LogP contribution >= 0.6 is 0 Å². The topological polar surface area (TPSA) is 113 Å². The number of aromatic hydroxyl groups is 2. The third-order valence-electron chi connectivity index (χ3n) is 4.36. The Kier molecular flexibility index (Phi) is 5.78. The lowest BCUT2D eigenvalue weighted by Gasteiger charge is -2.10. The van der Waals surface area contributed by atoms with Crippen LogP contribution in [0.15, 0.2) is 54.6 Å². The summed E-state index contributed by atoms with van der Waals surface area (Å²) in [5.74, 6) is -2.02. The van der Waals surface area contributed by atoms with E-state index in [9.17, 15) is 24.6 Å². The van der Waals surface area contributed by atoms with Gasteiger partial charge in [0.15, 0.2) is 12.4 Å². The highest BCUT2D eigenvalue weighted by Gasteiger charge is 2.19. The molecule has 0 bridgehead atoms. The second kappa shape index (κ2) is 8.43. The number of carbonyl (C=O) groups is 3. The van der Waals surface area contributed by atoms with Gasteiger partial charge >= 0.3 is 5.97 Å². The van der Waals surface area contributed by atoms with Crippen LogP contribution in [-0.2, 0) is 9.53 Å². The van der Waals surface area contributed by atoms with Crippen LogP contribution in [0.4, 0.5) is 5.69 Å². The largest absolute Gasteiger partial charge is 0.507 e. The van der Waals surface area contributed by atoms with Gasteiger partial charge in [0, 0.05) is 28.4 Å². The maximum absolute atomic E-state index is 12.3. The summed E-state index contributed by atoms with van der Waals surface area (Å²) in [5.41, 5.74) is 0.631. The van der Waals surface area contributed by atoms with Gasteiger partial charge in [0.1, 0.15) is 17.1 Å². The highest BCUT2D eigenvalue weighted by Crippen LogP contribution is 2.35. The summed E-state index contributed by atoms with van der Waals surface area (Å²) in [6.07, 6.45) is 0.341. The number of Topliss-reactive ketones (excluding diaryl/α,β-unsaturated/α-hetero) is 1. The number of hydrogen-bond acceptors (Lipinski definition) is 6. The van der Waals surface area contributed by atoms with E-state index in [0.717, 1.165) is 6.07 Å². The molecule has 3 N–H and O–H groups in total. The first-order chi connectivity index (χ1) is 13.9. The van der Waals surface area contributed by atoms with Gasteiger partial charge in [0.25, 0.3) is 0 Å². The number of anilines is 1. The number of phenolic OH excluding ortho intramolecular Hbond substituents is 2. The molecule has 0 aliphatic rings. The van der Waals surface area contributed by atoms with E-state index < -0.39 is 18.4 Å².